The van der Waals surface area contributed by atoms with E-state index < -0.39 is 40.9 Å². The van der Waals surface area contributed by atoms with Gasteiger partial charge in [0.1, 0.15) is 18.4 Å². The van der Waals surface area contributed by atoms with Crippen molar-refractivity contribution in [3.8, 4) is 6.07 Å². The number of aryl methyl sites for hydroxylation is 1. The van der Waals surface area contributed by atoms with E-state index in [1.54, 1.807) is 19.1 Å². The molecule has 2 rings (SSSR count). The van der Waals surface area contributed by atoms with Crippen molar-refractivity contribution in [1.29, 1.82) is 5.26 Å². The Labute approximate surface area is 161 Å². The van der Waals surface area contributed by atoms with Crippen molar-refractivity contribution >= 4 is 27.6 Å². The van der Waals surface area contributed by atoms with Crippen molar-refractivity contribution in [1.82, 2.24) is 4.72 Å². The first-order chi connectivity index (χ1) is 13.2. The maximum atomic E-state index is 13.7. The summed E-state index contributed by atoms with van der Waals surface area (Å²) in [4.78, 5) is 23.1. The Morgan fingerprint density at radius 3 is 2.61 bits per heavy atom. The molecule has 0 heterocycles. The van der Waals surface area contributed by atoms with Gasteiger partial charge in [-0.2, -0.15) is 9.98 Å². The monoisotopic (exact) mass is 405 g/mol. The number of carbonyl (C=O) groups excluding carboxylic acids is 2. The van der Waals surface area contributed by atoms with E-state index in [2.05, 4.69) is 10.1 Å². The van der Waals surface area contributed by atoms with E-state index in [-0.39, 0.29) is 16.1 Å². The van der Waals surface area contributed by atoms with Crippen LogP contribution in [0.25, 0.3) is 0 Å². The third-order valence-electron chi connectivity index (χ3n) is 3.47. The molecule has 0 saturated heterocycles. The van der Waals surface area contributed by atoms with Gasteiger partial charge in [-0.25, -0.2) is 12.8 Å². The number of hydrogen-bond donors (Lipinski definition) is 2. The van der Waals surface area contributed by atoms with Gasteiger partial charge in [0, 0.05) is 0 Å². The highest BCUT2D eigenvalue weighted by Gasteiger charge is 2.20. The van der Waals surface area contributed by atoms with Gasteiger partial charge in [-0.3, -0.25) is 9.59 Å². The number of amides is 1. The second-order valence-corrected chi connectivity index (χ2v) is 7.36. The Morgan fingerprint density at radius 1 is 1.21 bits per heavy atom. The van der Waals surface area contributed by atoms with E-state index in [1.165, 1.54) is 36.4 Å². The van der Waals surface area contributed by atoms with Gasteiger partial charge in [0.05, 0.1) is 16.1 Å². The normalized spacial score (nSPS) is 10.8. The first-order valence-corrected chi connectivity index (χ1v) is 9.41. The zero-order chi connectivity index (χ0) is 20.7. The molecule has 0 aliphatic carbocycles. The average Bonchev–Trinajstić information content (AvgIpc) is 2.67. The van der Waals surface area contributed by atoms with Crippen molar-refractivity contribution in [2.45, 2.75) is 11.8 Å². The minimum absolute atomic E-state index is 0.0690. The first-order valence-electron chi connectivity index (χ1n) is 7.93. The van der Waals surface area contributed by atoms with Crippen LogP contribution >= 0.6 is 0 Å². The van der Waals surface area contributed by atoms with Gasteiger partial charge in [-0.05, 0) is 36.8 Å². The third-order valence-corrected chi connectivity index (χ3v) is 4.93. The van der Waals surface area contributed by atoms with Crippen LogP contribution in [0.5, 0.6) is 0 Å². The second-order valence-electron chi connectivity index (χ2n) is 5.62. The van der Waals surface area contributed by atoms with Gasteiger partial charge >= 0.3 is 5.97 Å². The fraction of sp³-hybridized carbons (Fsp3) is 0.167. The Bertz CT molecular complexity index is 1050. The molecule has 0 spiro atoms. The molecule has 0 aromatic heterocycles. The Kier molecular flexibility index (Phi) is 6.81. The van der Waals surface area contributed by atoms with Crippen molar-refractivity contribution in [3.05, 3.63) is 59.4 Å². The minimum atomic E-state index is -4.12. The molecule has 146 valence electrons. The molecule has 2 aromatic rings. The quantitative estimate of drug-likeness (QED) is 0.672. The summed E-state index contributed by atoms with van der Waals surface area (Å²) in [5, 5.41) is 11.2. The summed E-state index contributed by atoms with van der Waals surface area (Å²) in [6, 6.07) is 11.4. The smallest absolute Gasteiger partial charge is 0.321 e. The SMILES string of the molecule is Cc1ccc(NC(=O)COC(=O)CNS(=O)(=O)c2ccccc2C#N)c(F)c1. The second kappa shape index (κ2) is 9.07. The summed E-state index contributed by atoms with van der Waals surface area (Å²) >= 11 is 0. The molecule has 0 fully saturated rings. The van der Waals surface area contributed by atoms with Crippen molar-refractivity contribution in [2.75, 3.05) is 18.5 Å². The van der Waals surface area contributed by atoms with Crippen LogP contribution in [-0.2, 0) is 24.3 Å². The maximum absolute atomic E-state index is 13.7. The summed E-state index contributed by atoms with van der Waals surface area (Å²) in [6.07, 6.45) is 0. The molecule has 2 aromatic carbocycles. The van der Waals surface area contributed by atoms with E-state index in [1.807, 2.05) is 4.72 Å². The van der Waals surface area contributed by atoms with Crippen molar-refractivity contribution < 1.29 is 27.1 Å². The minimum Gasteiger partial charge on any atom is -0.455 e. The van der Waals surface area contributed by atoms with Crippen LogP contribution in [0, 0.1) is 24.1 Å². The third kappa shape index (κ3) is 5.60. The molecule has 0 aliphatic heterocycles. The number of ether oxygens (including phenoxy) is 1. The lowest BCUT2D eigenvalue weighted by Gasteiger charge is -2.09. The number of halogens is 1. The number of carbonyl (C=O) groups is 2. The van der Waals surface area contributed by atoms with E-state index in [9.17, 15) is 22.4 Å². The zero-order valence-electron chi connectivity index (χ0n) is 14.7. The molecular formula is C18H16FN3O5S. The van der Waals surface area contributed by atoms with Gasteiger partial charge in [-0.1, -0.05) is 18.2 Å². The van der Waals surface area contributed by atoms with Crippen molar-refractivity contribution in [3.63, 3.8) is 0 Å². The number of sulfonamides is 1. The van der Waals surface area contributed by atoms with Crippen LogP contribution in [0.1, 0.15) is 11.1 Å². The molecular weight excluding hydrogens is 389 g/mol. The molecule has 0 atom stereocenters. The molecule has 2 N–H and O–H groups in total. The summed E-state index contributed by atoms with van der Waals surface area (Å²) in [5.74, 6) is -2.44. The molecule has 0 saturated carbocycles. The molecule has 10 heteroatoms. The number of esters is 1. The van der Waals surface area contributed by atoms with Crippen LogP contribution in [0.2, 0.25) is 0 Å². The summed E-state index contributed by atoms with van der Waals surface area (Å²) < 4.78 is 44.7. The maximum Gasteiger partial charge on any atom is 0.321 e. The number of benzene rings is 2. The zero-order valence-corrected chi connectivity index (χ0v) is 15.5. The number of rotatable bonds is 7. The van der Waals surface area contributed by atoms with Crippen LogP contribution < -0.4 is 10.0 Å². The van der Waals surface area contributed by atoms with Gasteiger partial charge in [0.15, 0.2) is 6.61 Å². The topological polar surface area (TPSA) is 125 Å². The van der Waals surface area contributed by atoms with Crippen LogP contribution in [0.3, 0.4) is 0 Å². The van der Waals surface area contributed by atoms with Crippen LogP contribution in [0.4, 0.5) is 10.1 Å². The standard InChI is InChI=1S/C18H16FN3O5S/c1-12-6-7-15(14(19)8-12)22-17(23)11-27-18(24)10-21-28(25,26)16-5-3-2-4-13(16)9-20/h2-8,21H,10-11H2,1H3,(H,22,23). The van der Waals surface area contributed by atoms with E-state index >= 15 is 0 Å². The summed E-state index contributed by atoms with van der Waals surface area (Å²) in [6.45, 7) is 0.226. The largest absolute Gasteiger partial charge is 0.455 e. The fourth-order valence-corrected chi connectivity index (χ4v) is 3.25. The molecule has 28 heavy (non-hydrogen) atoms. The van der Waals surface area contributed by atoms with Crippen LogP contribution in [0.15, 0.2) is 47.4 Å². The molecule has 1 amide bonds. The lowest BCUT2D eigenvalue weighted by atomic mass is 10.2. The van der Waals surface area contributed by atoms with Gasteiger partial charge in [-0.15, -0.1) is 0 Å². The van der Waals surface area contributed by atoms with Crippen LogP contribution in [-0.4, -0.2) is 33.4 Å². The summed E-state index contributed by atoms with van der Waals surface area (Å²) in [7, 11) is -4.12. The Balaban J connectivity index is 1.87. The predicted molar refractivity (Wildman–Crippen MR) is 97.1 cm³/mol. The fourth-order valence-electron chi connectivity index (χ4n) is 2.13. The lowest BCUT2D eigenvalue weighted by molar-refractivity contribution is -0.146. The highest BCUT2D eigenvalue weighted by atomic mass is 32.2. The van der Waals surface area contributed by atoms with E-state index in [0.717, 1.165) is 0 Å². The molecule has 0 radical (unpaired) electrons. The van der Waals surface area contributed by atoms with E-state index in [0.29, 0.717) is 5.56 Å². The highest BCUT2D eigenvalue weighted by Crippen LogP contribution is 2.15. The Hall–Kier alpha value is -3.29. The van der Waals surface area contributed by atoms with Gasteiger partial charge < -0.3 is 10.1 Å². The van der Waals surface area contributed by atoms with Crippen molar-refractivity contribution in [2.24, 2.45) is 0 Å². The van der Waals surface area contributed by atoms with E-state index in [4.69, 9.17) is 5.26 Å². The predicted octanol–water partition coefficient (Wildman–Crippen LogP) is 1.47. The molecule has 0 aliphatic rings. The number of nitriles is 1. The molecule has 0 unspecified atom stereocenters. The molecule has 8 nitrogen and oxygen atoms in total. The average molecular weight is 405 g/mol. The number of anilines is 1. The first kappa shape index (κ1) is 21.0. The van der Waals surface area contributed by atoms with Gasteiger partial charge in [0.2, 0.25) is 10.0 Å². The molecule has 0 bridgehead atoms. The van der Waals surface area contributed by atoms with Gasteiger partial charge in [0.25, 0.3) is 5.91 Å². The number of nitrogens with one attached hydrogen (secondary N) is 2. The Morgan fingerprint density at radius 2 is 1.93 bits per heavy atom. The number of hydrogen-bond acceptors (Lipinski definition) is 6. The lowest BCUT2D eigenvalue weighted by Crippen LogP contribution is -2.32. The summed E-state index contributed by atoms with van der Waals surface area (Å²) in [5.41, 5.74) is 0.524. The highest BCUT2D eigenvalue weighted by molar-refractivity contribution is 7.89. The number of nitrogens with zero attached hydrogens (tertiary/aromatic N) is 1.